The van der Waals surface area contributed by atoms with Crippen LogP contribution in [-0.4, -0.2) is 16.4 Å². The molecule has 0 atom stereocenters. The van der Waals surface area contributed by atoms with Crippen molar-refractivity contribution in [2.24, 2.45) is 0 Å². The van der Waals surface area contributed by atoms with E-state index in [0.29, 0.717) is 6.29 Å². The minimum Gasteiger partial charge on any atom is -0.433 e. The molecule has 0 amide bonds. The van der Waals surface area contributed by atoms with E-state index in [4.69, 9.17) is 16.0 Å². The van der Waals surface area contributed by atoms with Crippen LogP contribution in [0.25, 0.3) is 0 Å². The molecule has 0 saturated heterocycles. The van der Waals surface area contributed by atoms with Crippen molar-refractivity contribution in [1.82, 2.24) is 4.98 Å². The summed E-state index contributed by atoms with van der Waals surface area (Å²) < 4.78 is 4.87. The highest BCUT2D eigenvalue weighted by molar-refractivity contribution is 6.31. The molecule has 0 radical (unpaired) electrons. The average molecular weight is 190 g/mol. The number of carbonyl (C=O) groups is 1. The van der Waals surface area contributed by atoms with E-state index in [1.54, 1.807) is 0 Å². The van der Waals surface area contributed by atoms with Crippen LogP contribution in [0.4, 0.5) is 0 Å². The van der Waals surface area contributed by atoms with E-state index in [0.717, 1.165) is 0 Å². The molecule has 0 saturated carbocycles. The molecule has 66 valence electrons. The van der Waals surface area contributed by atoms with Crippen LogP contribution in [0, 0.1) is 0 Å². The highest BCUT2D eigenvalue weighted by atomic mass is 35.5. The fourth-order valence-corrected chi connectivity index (χ4v) is 0.808. The molecule has 0 unspecified atom stereocenters. The number of aromatic nitrogens is 1. The molecule has 1 aromatic heterocycles. The largest absolute Gasteiger partial charge is 0.433 e. The van der Waals surface area contributed by atoms with Gasteiger partial charge in [-0.05, 0) is 13.8 Å². The molecule has 0 aliphatic heterocycles. The second-order valence-corrected chi connectivity index (χ2v) is 3.21. The van der Waals surface area contributed by atoms with Crippen molar-refractivity contribution in [3.05, 3.63) is 16.8 Å². The molecule has 0 aliphatic carbocycles. The van der Waals surface area contributed by atoms with Crippen LogP contribution >= 0.6 is 11.6 Å². The zero-order valence-corrected chi connectivity index (χ0v) is 7.42. The molecule has 5 heteroatoms. The van der Waals surface area contributed by atoms with Crippen LogP contribution < -0.4 is 0 Å². The Labute approximate surface area is 74.2 Å². The van der Waals surface area contributed by atoms with E-state index in [2.05, 4.69) is 4.98 Å². The molecule has 1 rings (SSSR count). The third-order valence-corrected chi connectivity index (χ3v) is 1.51. The monoisotopic (exact) mass is 189 g/mol. The number of rotatable bonds is 2. The van der Waals surface area contributed by atoms with Crippen molar-refractivity contribution in [1.29, 1.82) is 0 Å². The Morgan fingerprint density at radius 1 is 1.67 bits per heavy atom. The molecule has 12 heavy (non-hydrogen) atoms. The van der Waals surface area contributed by atoms with Gasteiger partial charge in [-0.25, -0.2) is 0 Å². The Morgan fingerprint density at radius 3 is 2.50 bits per heavy atom. The van der Waals surface area contributed by atoms with E-state index in [-0.39, 0.29) is 16.8 Å². The molecule has 0 spiro atoms. The van der Waals surface area contributed by atoms with E-state index >= 15 is 0 Å². The number of hydrogen-bond donors (Lipinski definition) is 1. The predicted molar refractivity (Wildman–Crippen MR) is 42.1 cm³/mol. The van der Waals surface area contributed by atoms with E-state index in [1.165, 1.54) is 13.8 Å². The van der Waals surface area contributed by atoms with Crippen molar-refractivity contribution in [2.75, 3.05) is 0 Å². The maximum Gasteiger partial charge on any atom is 0.228 e. The Hall–Kier alpha value is -0.870. The topological polar surface area (TPSA) is 63.3 Å². The molecule has 1 N–H and O–H groups in total. The number of aldehydes is 1. The molecule has 1 aromatic rings. The van der Waals surface area contributed by atoms with Crippen LogP contribution in [0.15, 0.2) is 4.42 Å². The number of aliphatic hydroxyl groups is 1. The summed E-state index contributed by atoms with van der Waals surface area (Å²) in [5.41, 5.74) is -1.22. The molecule has 0 bridgehead atoms. The lowest BCUT2D eigenvalue weighted by Crippen LogP contribution is -2.15. The summed E-state index contributed by atoms with van der Waals surface area (Å²) in [6, 6.07) is 0. The van der Waals surface area contributed by atoms with Crippen molar-refractivity contribution >= 4 is 17.9 Å². The van der Waals surface area contributed by atoms with Gasteiger partial charge in [0.1, 0.15) is 5.60 Å². The van der Waals surface area contributed by atoms with Gasteiger partial charge in [-0.3, -0.25) is 4.79 Å². The number of nitrogens with zero attached hydrogens (tertiary/aromatic N) is 1. The van der Waals surface area contributed by atoms with Crippen molar-refractivity contribution in [3.63, 3.8) is 0 Å². The Balaban J connectivity index is 3.13. The summed E-state index contributed by atoms with van der Waals surface area (Å²) in [5, 5.41) is 9.37. The summed E-state index contributed by atoms with van der Waals surface area (Å²) in [4.78, 5) is 13.9. The fourth-order valence-electron chi connectivity index (χ4n) is 0.648. The van der Waals surface area contributed by atoms with Gasteiger partial charge in [-0.15, -0.1) is 0 Å². The second kappa shape index (κ2) is 2.88. The number of hydrogen-bond acceptors (Lipinski definition) is 4. The van der Waals surface area contributed by atoms with Crippen LogP contribution in [0.1, 0.15) is 30.3 Å². The zero-order chi connectivity index (χ0) is 9.35. The quantitative estimate of drug-likeness (QED) is 0.714. The first kappa shape index (κ1) is 9.22. The summed E-state index contributed by atoms with van der Waals surface area (Å²) in [6.45, 7) is 2.98. The molecule has 0 fully saturated rings. The molecule has 0 aliphatic rings. The Bertz CT molecular complexity index is 300. The van der Waals surface area contributed by atoms with Crippen LogP contribution in [0.3, 0.4) is 0 Å². The lowest BCUT2D eigenvalue weighted by atomic mass is 10.1. The standard InChI is InChI=1S/C7H8ClNO3/c1-7(2,11)6-9-5(8)4(3-10)12-6/h3,11H,1-2H3. The van der Waals surface area contributed by atoms with Crippen molar-refractivity contribution in [3.8, 4) is 0 Å². The van der Waals surface area contributed by atoms with Gasteiger partial charge in [0.2, 0.25) is 11.7 Å². The smallest absolute Gasteiger partial charge is 0.228 e. The van der Waals surface area contributed by atoms with Crippen LogP contribution in [-0.2, 0) is 5.60 Å². The minimum atomic E-state index is -1.22. The van der Waals surface area contributed by atoms with Crippen molar-refractivity contribution < 1.29 is 14.3 Å². The normalized spacial score (nSPS) is 11.7. The van der Waals surface area contributed by atoms with Gasteiger partial charge in [0.15, 0.2) is 11.4 Å². The van der Waals surface area contributed by atoms with Gasteiger partial charge in [-0.2, -0.15) is 4.98 Å². The molecular weight excluding hydrogens is 182 g/mol. The molecule has 4 nitrogen and oxygen atoms in total. The van der Waals surface area contributed by atoms with E-state index < -0.39 is 5.60 Å². The number of halogens is 1. The lowest BCUT2D eigenvalue weighted by molar-refractivity contribution is 0.0474. The predicted octanol–water partition coefficient (Wildman–Crippen LogP) is 1.37. The van der Waals surface area contributed by atoms with Crippen LogP contribution in [0.5, 0.6) is 0 Å². The van der Waals surface area contributed by atoms with Gasteiger partial charge in [0.25, 0.3) is 0 Å². The number of carbonyl (C=O) groups excluding carboxylic acids is 1. The summed E-state index contributed by atoms with van der Waals surface area (Å²) >= 11 is 5.50. The average Bonchev–Trinajstić information content (AvgIpc) is 2.29. The van der Waals surface area contributed by atoms with Gasteiger partial charge < -0.3 is 9.52 Å². The third kappa shape index (κ3) is 1.65. The summed E-state index contributed by atoms with van der Waals surface area (Å²) in [5.74, 6) is -0.0246. The first-order valence-corrected chi connectivity index (χ1v) is 3.67. The fraction of sp³-hybridized carbons (Fsp3) is 0.429. The van der Waals surface area contributed by atoms with Gasteiger partial charge in [0.05, 0.1) is 0 Å². The maximum atomic E-state index is 10.3. The first-order chi connectivity index (χ1) is 5.45. The van der Waals surface area contributed by atoms with Gasteiger partial charge >= 0.3 is 0 Å². The SMILES string of the molecule is CC(C)(O)c1nc(Cl)c(C=O)o1. The molecule has 1 heterocycles. The minimum absolute atomic E-state index is 0.0258. The van der Waals surface area contributed by atoms with Gasteiger partial charge in [0, 0.05) is 0 Å². The highest BCUT2D eigenvalue weighted by Crippen LogP contribution is 2.23. The third-order valence-electron chi connectivity index (χ3n) is 1.24. The zero-order valence-electron chi connectivity index (χ0n) is 6.67. The molecule has 0 aromatic carbocycles. The maximum absolute atomic E-state index is 10.3. The van der Waals surface area contributed by atoms with Crippen molar-refractivity contribution in [2.45, 2.75) is 19.4 Å². The Kier molecular flexibility index (Phi) is 2.21. The summed E-state index contributed by atoms with van der Waals surface area (Å²) in [6.07, 6.45) is 0.449. The van der Waals surface area contributed by atoms with Crippen LogP contribution in [0.2, 0.25) is 5.15 Å². The first-order valence-electron chi connectivity index (χ1n) is 3.29. The summed E-state index contributed by atoms with van der Waals surface area (Å²) in [7, 11) is 0. The second-order valence-electron chi connectivity index (χ2n) is 2.85. The van der Waals surface area contributed by atoms with E-state index in [1.807, 2.05) is 0 Å². The lowest BCUT2D eigenvalue weighted by Gasteiger charge is -2.10. The Morgan fingerprint density at radius 2 is 2.25 bits per heavy atom. The highest BCUT2D eigenvalue weighted by Gasteiger charge is 2.24. The number of oxazole rings is 1. The van der Waals surface area contributed by atoms with E-state index in [9.17, 15) is 9.90 Å². The molecular formula is C7H8ClNO3. The van der Waals surface area contributed by atoms with Gasteiger partial charge in [-0.1, -0.05) is 11.6 Å².